The van der Waals surface area contributed by atoms with Crippen LogP contribution in [-0.4, -0.2) is 13.2 Å². The minimum absolute atomic E-state index is 0. The van der Waals surface area contributed by atoms with Crippen LogP contribution in [0.25, 0.3) is 11.0 Å². The molecule has 0 spiro atoms. The lowest BCUT2D eigenvalue weighted by molar-refractivity contribution is 0.333. The Balaban J connectivity index is 0.00000192. The molecule has 0 saturated carbocycles. The molecule has 0 bridgehead atoms. The lowest BCUT2D eigenvalue weighted by Gasteiger charge is -2.09. The summed E-state index contributed by atoms with van der Waals surface area (Å²) >= 11 is 0. The first-order valence-electron chi connectivity index (χ1n) is 7.18. The lowest BCUT2D eigenvalue weighted by Crippen LogP contribution is -2.11. The molecule has 0 aliphatic heterocycles. The molecule has 0 atom stereocenters. The SMILES string of the molecule is Cc1cc2cc(NCCOc3ccccc3)ccc2oc1=O.Cl. The average Bonchev–Trinajstić information content (AvgIpc) is 2.54. The van der Waals surface area contributed by atoms with Gasteiger partial charge in [0.1, 0.15) is 17.9 Å². The summed E-state index contributed by atoms with van der Waals surface area (Å²) in [6.45, 7) is 3.01. The van der Waals surface area contributed by atoms with E-state index in [0.717, 1.165) is 16.8 Å². The number of nitrogens with one attached hydrogen (secondary N) is 1. The van der Waals surface area contributed by atoms with Crippen LogP contribution in [-0.2, 0) is 0 Å². The van der Waals surface area contributed by atoms with Crippen molar-refractivity contribution in [1.82, 2.24) is 0 Å². The Bertz CT molecular complexity index is 831. The van der Waals surface area contributed by atoms with E-state index < -0.39 is 0 Å². The first-order chi connectivity index (χ1) is 10.7. The number of ether oxygens (including phenoxy) is 1. The number of aryl methyl sites for hydroxylation is 1. The van der Waals surface area contributed by atoms with Crippen molar-refractivity contribution in [2.45, 2.75) is 6.92 Å². The van der Waals surface area contributed by atoms with Crippen molar-refractivity contribution in [2.75, 3.05) is 18.5 Å². The van der Waals surface area contributed by atoms with E-state index in [1.165, 1.54) is 0 Å². The van der Waals surface area contributed by atoms with Crippen LogP contribution >= 0.6 is 12.4 Å². The van der Waals surface area contributed by atoms with E-state index in [1.54, 1.807) is 13.0 Å². The zero-order chi connectivity index (χ0) is 15.4. The Morgan fingerprint density at radius 2 is 1.87 bits per heavy atom. The summed E-state index contributed by atoms with van der Waals surface area (Å²) in [5.74, 6) is 0.861. The third-order valence-electron chi connectivity index (χ3n) is 3.35. The van der Waals surface area contributed by atoms with Gasteiger partial charge in [-0.1, -0.05) is 18.2 Å². The van der Waals surface area contributed by atoms with Gasteiger partial charge < -0.3 is 14.5 Å². The van der Waals surface area contributed by atoms with E-state index in [4.69, 9.17) is 9.15 Å². The number of anilines is 1. The maximum absolute atomic E-state index is 11.5. The number of halogens is 1. The van der Waals surface area contributed by atoms with Gasteiger partial charge in [-0.2, -0.15) is 0 Å². The third-order valence-corrected chi connectivity index (χ3v) is 3.35. The van der Waals surface area contributed by atoms with E-state index in [0.29, 0.717) is 24.3 Å². The zero-order valence-corrected chi connectivity index (χ0v) is 13.6. The van der Waals surface area contributed by atoms with Crippen LogP contribution in [0.3, 0.4) is 0 Å². The van der Waals surface area contributed by atoms with Gasteiger partial charge >= 0.3 is 5.63 Å². The Morgan fingerprint density at radius 3 is 2.65 bits per heavy atom. The van der Waals surface area contributed by atoms with Gasteiger partial charge in [0.15, 0.2) is 0 Å². The van der Waals surface area contributed by atoms with Crippen molar-refractivity contribution in [1.29, 1.82) is 0 Å². The molecule has 23 heavy (non-hydrogen) atoms. The summed E-state index contributed by atoms with van der Waals surface area (Å²) in [5.41, 5.74) is 1.89. The fourth-order valence-corrected chi connectivity index (χ4v) is 2.22. The molecule has 1 N–H and O–H groups in total. The number of fused-ring (bicyclic) bond motifs is 1. The fourth-order valence-electron chi connectivity index (χ4n) is 2.22. The molecule has 0 aliphatic rings. The molecule has 4 nitrogen and oxygen atoms in total. The molecule has 3 aromatic rings. The van der Waals surface area contributed by atoms with Crippen LogP contribution < -0.4 is 15.7 Å². The van der Waals surface area contributed by atoms with Crippen molar-refractivity contribution in [3.8, 4) is 5.75 Å². The second-order valence-electron chi connectivity index (χ2n) is 5.06. The second-order valence-corrected chi connectivity index (χ2v) is 5.06. The van der Waals surface area contributed by atoms with Crippen LogP contribution in [0.1, 0.15) is 5.56 Å². The molecule has 0 fully saturated rings. The van der Waals surface area contributed by atoms with E-state index in [2.05, 4.69) is 5.32 Å². The Morgan fingerprint density at radius 1 is 1.09 bits per heavy atom. The number of rotatable bonds is 5. The topological polar surface area (TPSA) is 51.5 Å². The van der Waals surface area contributed by atoms with Crippen LogP contribution in [0.2, 0.25) is 0 Å². The fraction of sp³-hybridized carbons (Fsp3) is 0.167. The first kappa shape index (κ1) is 16.9. The van der Waals surface area contributed by atoms with E-state index in [1.807, 2.05) is 48.5 Å². The van der Waals surface area contributed by atoms with Crippen molar-refractivity contribution < 1.29 is 9.15 Å². The number of hydrogen-bond acceptors (Lipinski definition) is 4. The van der Waals surface area contributed by atoms with Gasteiger partial charge in [0.25, 0.3) is 0 Å². The lowest BCUT2D eigenvalue weighted by atomic mass is 10.2. The van der Waals surface area contributed by atoms with Crippen molar-refractivity contribution >= 4 is 29.1 Å². The molecule has 3 rings (SSSR count). The molecule has 0 amide bonds. The smallest absolute Gasteiger partial charge is 0.339 e. The highest BCUT2D eigenvalue weighted by atomic mass is 35.5. The molecular weight excluding hydrogens is 314 g/mol. The van der Waals surface area contributed by atoms with Gasteiger partial charge in [-0.15, -0.1) is 12.4 Å². The standard InChI is InChI=1S/C18H17NO3.ClH/c1-13-11-14-12-15(7-8-17(14)22-18(13)20)19-9-10-21-16-5-3-2-4-6-16;/h2-8,11-12,19H,9-10H2,1H3;1H. The van der Waals surface area contributed by atoms with Crippen LogP contribution in [0.5, 0.6) is 5.75 Å². The quantitative estimate of drug-likeness (QED) is 0.567. The predicted octanol–water partition coefficient (Wildman–Crippen LogP) is 4.01. The van der Waals surface area contributed by atoms with Gasteiger partial charge in [0.05, 0.1) is 0 Å². The van der Waals surface area contributed by atoms with Crippen molar-refractivity contribution in [3.63, 3.8) is 0 Å². The van der Waals surface area contributed by atoms with Gasteiger partial charge in [-0.05, 0) is 43.3 Å². The molecule has 0 aliphatic carbocycles. The molecule has 0 radical (unpaired) electrons. The summed E-state index contributed by atoms with van der Waals surface area (Å²) in [4.78, 5) is 11.5. The maximum Gasteiger partial charge on any atom is 0.339 e. The Kier molecular flexibility index (Phi) is 5.66. The highest BCUT2D eigenvalue weighted by Gasteiger charge is 2.02. The van der Waals surface area contributed by atoms with E-state index in [-0.39, 0.29) is 18.0 Å². The maximum atomic E-state index is 11.5. The average molecular weight is 332 g/mol. The van der Waals surface area contributed by atoms with E-state index in [9.17, 15) is 4.79 Å². The normalized spacial score (nSPS) is 10.1. The molecule has 2 aromatic carbocycles. The minimum Gasteiger partial charge on any atom is -0.492 e. The van der Waals surface area contributed by atoms with Crippen LogP contribution in [0.4, 0.5) is 5.69 Å². The van der Waals surface area contributed by atoms with Gasteiger partial charge in [0.2, 0.25) is 0 Å². The van der Waals surface area contributed by atoms with Crippen LogP contribution in [0.15, 0.2) is 63.8 Å². The van der Waals surface area contributed by atoms with Crippen molar-refractivity contribution in [2.24, 2.45) is 0 Å². The summed E-state index contributed by atoms with van der Waals surface area (Å²) in [7, 11) is 0. The van der Waals surface area contributed by atoms with Gasteiger partial charge in [-0.25, -0.2) is 4.79 Å². The summed E-state index contributed by atoms with van der Waals surface area (Å²) in [6.07, 6.45) is 0. The van der Waals surface area contributed by atoms with Crippen LogP contribution in [0, 0.1) is 6.92 Å². The molecule has 0 saturated heterocycles. The van der Waals surface area contributed by atoms with Crippen molar-refractivity contribution in [3.05, 3.63) is 70.6 Å². The first-order valence-corrected chi connectivity index (χ1v) is 7.18. The highest BCUT2D eigenvalue weighted by molar-refractivity contribution is 5.85. The zero-order valence-electron chi connectivity index (χ0n) is 12.7. The highest BCUT2D eigenvalue weighted by Crippen LogP contribution is 2.18. The third kappa shape index (κ3) is 4.27. The monoisotopic (exact) mass is 331 g/mol. The number of hydrogen-bond donors (Lipinski definition) is 1. The predicted molar refractivity (Wildman–Crippen MR) is 94.9 cm³/mol. The minimum atomic E-state index is -0.288. The molecule has 120 valence electrons. The molecule has 5 heteroatoms. The molecule has 1 heterocycles. The summed E-state index contributed by atoms with van der Waals surface area (Å²) in [5, 5.41) is 4.20. The molecule has 0 unspecified atom stereocenters. The van der Waals surface area contributed by atoms with Gasteiger partial charge in [-0.3, -0.25) is 0 Å². The Labute approximate surface area is 140 Å². The number of benzene rings is 2. The van der Waals surface area contributed by atoms with Gasteiger partial charge in [0, 0.05) is 23.2 Å². The number of para-hydroxylation sites is 1. The second kappa shape index (κ2) is 7.70. The van der Waals surface area contributed by atoms with E-state index >= 15 is 0 Å². The Hall–Kier alpha value is -2.46. The molecular formula is C18H18ClNO3. The largest absolute Gasteiger partial charge is 0.492 e. The summed E-state index contributed by atoms with van der Waals surface area (Å²) in [6, 6.07) is 17.2. The molecule has 1 aromatic heterocycles. The summed E-state index contributed by atoms with van der Waals surface area (Å²) < 4.78 is 10.9.